The fraction of sp³-hybridized carbons (Fsp3) is 0.125. The normalized spacial score (nSPS) is 11.5. The molecule has 1 aromatic heterocycles. The molecule has 0 bridgehead atoms. The molecule has 0 radical (unpaired) electrons. The number of benzene rings is 2. The number of hydrogen-bond acceptors (Lipinski definition) is 5. The van der Waals surface area contributed by atoms with Crippen LogP contribution in [0, 0.1) is 11.6 Å². The molecular formula is C16H14F2N4O2S. The van der Waals surface area contributed by atoms with Crippen LogP contribution >= 0.6 is 0 Å². The number of anilines is 1. The molecule has 0 aliphatic rings. The lowest BCUT2D eigenvalue weighted by Gasteiger charge is -2.07. The van der Waals surface area contributed by atoms with Gasteiger partial charge in [0.25, 0.3) is 0 Å². The van der Waals surface area contributed by atoms with Crippen molar-refractivity contribution < 1.29 is 17.2 Å². The van der Waals surface area contributed by atoms with Crippen LogP contribution in [0.4, 0.5) is 14.5 Å². The van der Waals surface area contributed by atoms with Crippen molar-refractivity contribution in [2.75, 3.05) is 11.6 Å². The molecule has 0 amide bonds. The quantitative estimate of drug-likeness (QED) is 0.727. The molecule has 0 spiro atoms. The minimum atomic E-state index is -3.46. The minimum Gasteiger partial charge on any atom is -0.375 e. The molecule has 25 heavy (non-hydrogen) atoms. The van der Waals surface area contributed by atoms with E-state index in [1.807, 2.05) is 0 Å². The Morgan fingerprint density at radius 3 is 2.48 bits per heavy atom. The first-order valence-corrected chi connectivity index (χ1v) is 9.13. The third kappa shape index (κ3) is 4.00. The first kappa shape index (κ1) is 17.0. The zero-order chi connectivity index (χ0) is 18.0. The van der Waals surface area contributed by atoms with Crippen molar-refractivity contribution >= 4 is 15.5 Å². The third-order valence-electron chi connectivity index (χ3n) is 3.45. The van der Waals surface area contributed by atoms with Gasteiger partial charge in [-0.05, 0) is 42.5 Å². The molecule has 0 aliphatic carbocycles. The predicted octanol–water partition coefficient (Wildman–Crippen LogP) is 2.77. The van der Waals surface area contributed by atoms with Crippen LogP contribution in [0.1, 0.15) is 5.82 Å². The van der Waals surface area contributed by atoms with Crippen LogP contribution in [0.3, 0.4) is 0 Å². The van der Waals surface area contributed by atoms with E-state index in [0.29, 0.717) is 17.2 Å². The molecule has 130 valence electrons. The number of nitrogens with one attached hydrogen (secondary N) is 2. The number of sulfone groups is 1. The number of nitrogens with zero attached hydrogens (tertiary/aromatic N) is 2. The lowest BCUT2D eigenvalue weighted by Crippen LogP contribution is -2.05. The van der Waals surface area contributed by atoms with Crippen LogP contribution in [0.25, 0.3) is 11.4 Å². The van der Waals surface area contributed by atoms with E-state index >= 15 is 0 Å². The zero-order valence-corrected chi connectivity index (χ0v) is 13.9. The second-order valence-electron chi connectivity index (χ2n) is 5.38. The van der Waals surface area contributed by atoms with Gasteiger partial charge in [-0.25, -0.2) is 22.2 Å². The van der Waals surface area contributed by atoms with Crippen molar-refractivity contribution in [2.45, 2.75) is 11.4 Å². The minimum absolute atomic E-state index is 0.0891. The first-order chi connectivity index (χ1) is 11.8. The summed E-state index contributed by atoms with van der Waals surface area (Å²) in [6, 6.07) is 9.36. The van der Waals surface area contributed by atoms with Crippen molar-refractivity contribution in [3.8, 4) is 11.4 Å². The van der Waals surface area contributed by atoms with Crippen LogP contribution in [0.2, 0.25) is 0 Å². The first-order valence-electron chi connectivity index (χ1n) is 7.23. The van der Waals surface area contributed by atoms with Crippen LogP contribution in [0.15, 0.2) is 47.4 Å². The van der Waals surface area contributed by atoms with E-state index in [1.165, 1.54) is 24.3 Å². The summed E-state index contributed by atoms with van der Waals surface area (Å²) in [5.41, 5.74) is 0.791. The smallest absolute Gasteiger partial charge is 0.181 e. The Balaban J connectivity index is 1.71. The van der Waals surface area contributed by atoms with Crippen LogP contribution in [0.5, 0.6) is 0 Å². The highest BCUT2D eigenvalue weighted by atomic mass is 32.2. The van der Waals surface area contributed by atoms with Gasteiger partial charge in [-0.15, -0.1) is 0 Å². The van der Waals surface area contributed by atoms with Crippen molar-refractivity contribution in [1.82, 2.24) is 15.2 Å². The molecule has 3 rings (SSSR count). The van der Waals surface area contributed by atoms with Gasteiger partial charge in [-0.1, -0.05) is 0 Å². The molecule has 2 N–H and O–H groups in total. The Bertz CT molecular complexity index is 1000. The topological polar surface area (TPSA) is 87.7 Å². The molecule has 2 aromatic carbocycles. The maximum atomic E-state index is 14.0. The van der Waals surface area contributed by atoms with E-state index in [4.69, 9.17) is 0 Å². The van der Waals surface area contributed by atoms with Crippen molar-refractivity contribution in [3.05, 3.63) is 59.9 Å². The highest BCUT2D eigenvalue weighted by Gasteiger charge is 2.12. The van der Waals surface area contributed by atoms with Gasteiger partial charge in [0.15, 0.2) is 15.7 Å². The summed E-state index contributed by atoms with van der Waals surface area (Å²) in [6.45, 7) is 0.156. The fourth-order valence-electron chi connectivity index (χ4n) is 2.15. The highest BCUT2D eigenvalue weighted by molar-refractivity contribution is 7.90. The summed E-state index contributed by atoms with van der Waals surface area (Å²) in [7, 11) is -3.46. The summed E-state index contributed by atoms with van der Waals surface area (Å²) in [6.07, 6.45) is 1.01. The number of H-pyrrole nitrogens is 1. The van der Waals surface area contributed by atoms with Gasteiger partial charge in [-0.2, -0.15) is 5.10 Å². The van der Waals surface area contributed by atoms with Crippen LogP contribution in [-0.4, -0.2) is 29.9 Å². The van der Waals surface area contributed by atoms with Crippen molar-refractivity contribution in [1.29, 1.82) is 0 Å². The SMILES string of the molecule is CS(=O)(=O)c1ccc(NCc2nc(-c3ccc(F)cc3)n[nH]2)c(F)c1. The second kappa shape index (κ2) is 6.60. The molecule has 0 saturated heterocycles. The van der Waals surface area contributed by atoms with E-state index in [9.17, 15) is 17.2 Å². The molecule has 0 saturated carbocycles. The van der Waals surface area contributed by atoms with Gasteiger partial charge in [0, 0.05) is 11.8 Å². The molecule has 0 unspecified atom stereocenters. The predicted molar refractivity (Wildman–Crippen MR) is 88.6 cm³/mol. The van der Waals surface area contributed by atoms with Gasteiger partial charge in [0.05, 0.1) is 17.1 Å². The Labute approximate surface area is 142 Å². The molecule has 0 fully saturated rings. The van der Waals surface area contributed by atoms with Gasteiger partial charge >= 0.3 is 0 Å². The molecular weight excluding hydrogens is 350 g/mol. The van der Waals surface area contributed by atoms with Gasteiger partial charge < -0.3 is 5.32 Å². The van der Waals surface area contributed by atoms with E-state index in [-0.39, 0.29) is 22.9 Å². The summed E-state index contributed by atoms with van der Waals surface area (Å²) < 4.78 is 49.7. The average molecular weight is 364 g/mol. The average Bonchev–Trinajstić information content (AvgIpc) is 3.02. The maximum Gasteiger partial charge on any atom is 0.181 e. The third-order valence-corrected chi connectivity index (χ3v) is 4.56. The molecule has 0 aliphatic heterocycles. The highest BCUT2D eigenvalue weighted by Crippen LogP contribution is 2.20. The number of aromatic nitrogens is 3. The number of aromatic amines is 1. The lowest BCUT2D eigenvalue weighted by atomic mass is 10.2. The number of halogens is 2. The molecule has 3 aromatic rings. The Morgan fingerprint density at radius 1 is 1.12 bits per heavy atom. The van der Waals surface area contributed by atoms with E-state index in [0.717, 1.165) is 12.3 Å². The van der Waals surface area contributed by atoms with Gasteiger partial charge in [0.1, 0.15) is 17.5 Å². The Morgan fingerprint density at radius 2 is 1.84 bits per heavy atom. The van der Waals surface area contributed by atoms with Gasteiger partial charge in [-0.3, -0.25) is 5.10 Å². The summed E-state index contributed by atoms with van der Waals surface area (Å²) in [5, 5.41) is 9.55. The maximum absolute atomic E-state index is 14.0. The second-order valence-corrected chi connectivity index (χ2v) is 7.40. The van der Waals surface area contributed by atoms with Crippen LogP contribution < -0.4 is 5.32 Å². The molecule has 9 heteroatoms. The Kier molecular flexibility index (Phi) is 4.49. The lowest BCUT2D eigenvalue weighted by molar-refractivity contribution is 0.596. The van der Waals surface area contributed by atoms with E-state index in [2.05, 4.69) is 20.5 Å². The van der Waals surface area contributed by atoms with Crippen LogP contribution in [-0.2, 0) is 16.4 Å². The number of rotatable bonds is 5. The zero-order valence-electron chi connectivity index (χ0n) is 13.1. The van der Waals surface area contributed by atoms with Crippen molar-refractivity contribution in [2.24, 2.45) is 0 Å². The van der Waals surface area contributed by atoms with Crippen molar-refractivity contribution in [3.63, 3.8) is 0 Å². The Hall–Kier alpha value is -2.81. The number of hydrogen-bond donors (Lipinski definition) is 2. The monoisotopic (exact) mass is 364 g/mol. The van der Waals surface area contributed by atoms with E-state index in [1.54, 1.807) is 12.1 Å². The molecule has 0 atom stereocenters. The summed E-state index contributed by atoms with van der Waals surface area (Å²) >= 11 is 0. The van der Waals surface area contributed by atoms with Gasteiger partial charge in [0.2, 0.25) is 0 Å². The largest absolute Gasteiger partial charge is 0.375 e. The summed E-state index contributed by atoms with van der Waals surface area (Å²) in [5.74, 6) is -0.189. The molecule has 1 heterocycles. The summed E-state index contributed by atoms with van der Waals surface area (Å²) in [4.78, 5) is 4.15. The fourth-order valence-corrected chi connectivity index (χ4v) is 2.78. The molecule has 6 nitrogen and oxygen atoms in total. The standard InChI is InChI=1S/C16H14F2N4O2S/c1-25(23,24)12-6-7-14(13(18)8-12)19-9-15-20-16(22-21-15)10-2-4-11(17)5-3-10/h2-8,19H,9H2,1H3,(H,20,21,22). The van der Waals surface area contributed by atoms with E-state index < -0.39 is 15.7 Å².